The Kier molecular flexibility index (Phi) is 4.11. The van der Waals surface area contributed by atoms with Gasteiger partial charge in [-0.15, -0.1) is 0 Å². The first kappa shape index (κ1) is 16.0. The Morgan fingerprint density at radius 1 is 1.12 bits per heavy atom. The number of hydrogen-bond acceptors (Lipinski definition) is 5. The van der Waals surface area contributed by atoms with Crippen LogP contribution in [0.2, 0.25) is 0 Å². The second kappa shape index (κ2) is 6.43. The Labute approximate surface area is 147 Å². The van der Waals surface area contributed by atoms with E-state index < -0.39 is 0 Å². The molecule has 1 spiro atoms. The monoisotopic (exact) mass is 337 g/mol. The summed E-state index contributed by atoms with van der Waals surface area (Å²) in [5.41, 5.74) is 1.91. The van der Waals surface area contributed by atoms with Gasteiger partial charge in [0, 0.05) is 56.4 Å². The standard InChI is InChI=1S/C19H23N5O/c1-15-10-21-18(22-11-15)24-9-6-19(14-24)5-3-8-23(13-19)17(25)16-4-2-7-20-12-16/h2,4,7,10-12H,3,5-6,8-9,13-14H2,1H3/t19-/m1/s1. The molecule has 2 aliphatic rings. The average molecular weight is 337 g/mol. The Morgan fingerprint density at radius 3 is 2.72 bits per heavy atom. The minimum Gasteiger partial charge on any atom is -0.340 e. The highest BCUT2D eigenvalue weighted by molar-refractivity contribution is 5.94. The van der Waals surface area contributed by atoms with Crippen molar-refractivity contribution in [2.45, 2.75) is 26.2 Å². The number of likely N-dealkylation sites (tertiary alicyclic amines) is 1. The molecule has 2 aliphatic heterocycles. The predicted molar refractivity (Wildman–Crippen MR) is 95.4 cm³/mol. The van der Waals surface area contributed by atoms with Gasteiger partial charge in [0.2, 0.25) is 5.95 Å². The highest BCUT2D eigenvalue weighted by Gasteiger charge is 2.43. The van der Waals surface area contributed by atoms with Crippen molar-refractivity contribution in [1.29, 1.82) is 0 Å². The Morgan fingerprint density at radius 2 is 1.96 bits per heavy atom. The molecule has 2 saturated heterocycles. The molecular weight excluding hydrogens is 314 g/mol. The highest BCUT2D eigenvalue weighted by Crippen LogP contribution is 2.40. The van der Waals surface area contributed by atoms with Crippen molar-refractivity contribution in [2.75, 3.05) is 31.1 Å². The van der Waals surface area contributed by atoms with E-state index in [0.29, 0.717) is 5.56 Å². The molecule has 2 aromatic rings. The summed E-state index contributed by atoms with van der Waals surface area (Å²) in [6, 6.07) is 3.66. The average Bonchev–Trinajstić information content (AvgIpc) is 3.05. The Bertz CT molecular complexity index is 748. The van der Waals surface area contributed by atoms with Crippen LogP contribution in [-0.4, -0.2) is 51.9 Å². The first-order valence-electron chi connectivity index (χ1n) is 8.88. The summed E-state index contributed by atoms with van der Waals surface area (Å²) in [6.07, 6.45) is 10.4. The molecule has 1 atom stereocenters. The molecule has 2 aromatic heterocycles. The molecule has 0 saturated carbocycles. The zero-order valence-corrected chi connectivity index (χ0v) is 14.6. The fourth-order valence-corrected chi connectivity index (χ4v) is 4.04. The van der Waals surface area contributed by atoms with Gasteiger partial charge in [0.05, 0.1) is 5.56 Å². The fraction of sp³-hybridized carbons (Fsp3) is 0.474. The van der Waals surface area contributed by atoms with E-state index in [2.05, 4.69) is 19.9 Å². The molecule has 0 aromatic carbocycles. The molecule has 0 aliphatic carbocycles. The van der Waals surface area contributed by atoms with Crippen LogP contribution in [0.5, 0.6) is 0 Å². The van der Waals surface area contributed by atoms with Gasteiger partial charge in [-0.2, -0.15) is 0 Å². The number of anilines is 1. The van der Waals surface area contributed by atoms with Crippen LogP contribution in [0.1, 0.15) is 35.2 Å². The normalized spacial score (nSPS) is 23.2. The summed E-state index contributed by atoms with van der Waals surface area (Å²) < 4.78 is 0. The third kappa shape index (κ3) is 3.21. The van der Waals surface area contributed by atoms with E-state index in [1.807, 2.05) is 36.4 Å². The maximum absolute atomic E-state index is 12.8. The molecule has 0 unspecified atom stereocenters. The van der Waals surface area contributed by atoms with Crippen molar-refractivity contribution >= 4 is 11.9 Å². The molecule has 0 N–H and O–H groups in total. The Balaban J connectivity index is 1.47. The van der Waals surface area contributed by atoms with Crippen LogP contribution in [0.15, 0.2) is 36.9 Å². The fourth-order valence-electron chi connectivity index (χ4n) is 4.04. The van der Waals surface area contributed by atoms with Crippen molar-refractivity contribution < 1.29 is 4.79 Å². The molecule has 0 bridgehead atoms. The second-order valence-corrected chi connectivity index (χ2v) is 7.30. The van der Waals surface area contributed by atoms with Crippen LogP contribution in [0.3, 0.4) is 0 Å². The van der Waals surface area contributed by atoms with Gasteiger partial charge in [0.25, 0.3) is 5.91 Å². The van der Waals surface area contributed by atoms with Crippen LogP contribution in [0, 0.1) is 12.3 Å². The molecule has 1 amide bonds. The number of hydrogen-bond donors (Lipinski definition) is 0. The maximum atomic E-state index is 12.8. The van der Waals surface area contributed by atoms with Gasteiger partial charge in [0.1, 0.15) is 0 Å². The smallest absolute Gasteiger partial charge is 0.255 e. The van der Waals surface area contributed by atoms with E-state index in [1.54, 1.807) is 12.4 Å². The van der Waals surface area contributed by atoms with Gasteiger partial charge in [-0.05, 0) is 43.9 Å². The number of aryl methyl sites for hydroxylation is 1. The number of rotatable bonds is 2. The quantitative estimate of drug-likeness (QED) is 0.841. The summed E-state index contributed by atoms with van der Waals surface area (Å²) in [5, 5.41) is 0. The molecule has 25 heavy (non-hydrogen) atoms. The van der Waals surface area contributed by atoms with E-state index in [0.717, 1.165) is 57.0 Å². The lowest BCUT2D eigenvalue weighted by Crippen LogP contribution is -2.47. The molecule has 0 radical (unpaired) electrons. The SMILES string of the molecule is Cc1cnc(N2CC[C@@]3(CCCN(C(=O)c4cccnc4)C3)C2)nc1. The van der Waals surface area contributed by atoms with E-state index in [4.69, 9.17) is 0 Å². The molecule has 2 fully saturated rings. The van der Waals surface area contributed by atoms with Crippen LogP contribution in [0.25, 0.3) is 0 Å². The number of amides is 1. The molecule has 4 rings (SSSR count). The summed E-state index contributed by atoms with van der Waals surface area (Å²) in [7, 11) is 0. The Hall–Kier alpha value is -2.50. The topological polar surface area (TPSA) is 62.2 Å². The summed E-state index contributed by atoms with van der Waals surface area (Å²) in [5.74, 6) is 0.899. The second-order valence-electron chi connectivity index (χ2n) is 7.30. The number of carbonyl (C=O) groups is 1. The van der Waals surface area contributed by atoms with Crippen molar-refractivity contribution in [1.82, 2.24) is 19.9 Å². The van der Waals surface area contributed by atoms with Crippen molar-refractivity contribution in [3.8, 4) is 0 Å². The number of pyridine rings is 1. The molecular formula is C19H23N5O. The van der Waals surface area contributed by atoms with Crippen LogP contribution in [-0.2, 0) is 0 Å². The van der Waals surface area contributed by atoms with Gasteiger partial charge in [-0.3, -0.25) is 9.78 Å². The lowest BCUT2D eigenvalue weighted by atomic mass is 9.79. The maximum Gasteiger partial charge on any atom is 0.255 e. The van der Waals surface area contributed by atoms with Crippen molar-refractivity contribution in [3.05, 3.63) is 48.0 Å². The first-order valence-corrected chi connectivity index (χ1v) is 8.88. The lowest BCUT2D eigenvalue weighted by molar-refractivity contribution is 0.0556. The van der Waals surface area contributed by atoms with Gasteiger partial charge >= 0.3 is 0 Å². The minimum atomic E-state index is 0.0946. The number of carbonyl (C=O) groups excluding carboxylic acids is 1. The van der Waals surface area contributed by atoms with Crippen molar-refractivity contribution in [3.63, 3.8) is 0 Å². The molecule has 4 heterocycles. The van der Waals surface area contributed by atoms with Crippen LogP contribution >= 0.6 is 0 Å². The van der Waals surface area contributed by atoms with Gasteiger partial charge in [-0.1, -0.05) is 0 Å². The summed E-state index contributed by atoms with van der Waals surface area (Å²) >= 11 is 0. The van der Waals surface area contributed by atoms with E-state index >= 15 is 0 Å². The number of nitrogens with zero attached hydrogens (tertiary/aromatic N) is 5. The van der Waals surface area contributed by atoms with Crippen molar-refractivity contribution in [2.24, 2.45) is 5.41 Å². The van der Waals surface area contributed by atoms with Gasteiger partial charge < -0.3 is 9.80 Å². The third-order valence-corrected chi connectivity index (χ3v) is 5.35. The summed E-state index contributed by atoms with van der Waals surface area (Å²) in [6.45, 7) is 5.52. The van der Waals surface area contributed by atoms with Crippen LogP contribution < -0.4 is 4.90 Å². The molecule has 6 nitrogen and oxygen atoms in total. The minimum absolute atomic E-state index is 0.0946. The largest absolute Gasteiger partial charge is 0.340 e. The van der Waals surface area contributed by atoms with Gasteiger partial charge in [0.15, 0.2) is 0 Å². The lowest BCUT2D eigenvalue weighted by Gasteiger charge is -2.40. The molecule has 6 heteroatoms. The van der Waals surface area contributed by atoms with E-state index in [-0.39, 0.29) is 11.3 Å². The number of aromatic nitrogens is 3. The van der Waals surface area contributed by atoms with E-state index in [1.165, 1.54) is 0 Å². The first-order chi connectivity index (χ1) is 12.2. The van der Waals surface area contributed by atoms with Gasteiger partial charge in [-0.25, -0.2) is 9.97 Å². The van der Waals surface area contributed by atoms with Crippen LogP contribution in [0.4, 0.5) is 5.95 Å². The highest BCUT2D eigenvalue weighted by atomic mass is 16.2. The zero-order valence-electron chi connectivity index (χ0n) is 14.6. The molecule has 130 valence electrons. The van der Waals surface area contributed by atoms with E-state index in [9.17, 15) is 4.79 Å². The summed E-state index contributed by atoms with van der Waals surface area (Å²) in [4.78, 5) is 30.0. The predicted octanol–water partition coefficient (Wildman–Crippen LogP) is 2.31. The third-order valence-electron chi connectivity index (χ3n) is 5.35. The zero-order chi connectivity index (χ0) is 17.3. The number of piperidine rings is 1.